The first-order valence-corrected chi connectivity index (χ1v) is 24.0. The van der Waals surface area contributed by atoms with Crippen LogP contribution in [0.4, 0.5) is 0 Å². The highest BCUT2D eigenvalue weighted by molar-refractivity contribution is 5.83. The standard InChI is InChI=1S/C48H90N4O8/c1-7-11-14-15-16-17-18-19-20-21-28-37-52(6)40-48(58)60-45(33-23-13-9-3)42(54)30-25-24-29-41(53)38-49-35-36-50-46(56)34-27-26-31-43(55)44(32-22-12-8-2)59-47(57)39-51(5)10-4/h26-27,35,42-45,54-55H,7-25,28-34,36-40H2,1-6H3,(H,50,56). The Bertz CT molecular complexity index is 1140. The summed E-state index contributed by atoms with van der Waals surface area (Å²) in [5, 5.41) is 24.4. The number of aliphatic hydroxyl groups excluding tert-OH is 2. The van der Waals surface area contributed by atoms with E-state index in [-0.39, 0.29) is 62.6 Å². The molecule has 12 heteroatoms. The number of aliphatic imine (C=N–C) groups is 1. The lowest BCUT2D eigenvalue weighted by Crippen LogP contribution is -2.36. The van der Waals surface area contributed by atoms with E-state index in [4.69, 9.17) is 9.47 Å². The van der Waals surface area contributed by atoms with E-state index < -0.39 is 24.4 Å². The second kappa shape index (κ2) is 40.4. The molecule has 1 amide bonds. The van der Waals surface area contributed by atoms with E-state index in [1.165, 1.54) is 70.4 Å². The van der Waals surface area contributed by atoms with Crippen LogP contribution in [0.25, 0.3) is 0 Å². The van der Waals surface area contributed by atoms with Crippen LogP contribution in [0.3, 0.4) is 0 Å². The Hall–Kier alpha value is -2.67. The lowest BCUT2D eigenvalue weighted by atomic mass is 10.0. The number of amides is 1. The first-order chi connectivity index (χ1) is 29.0. The molecule has 0 fully saturated rings. The molecule has 4 atom stereocenters. The number of nitrogens with one attached hydrogen (secondary N) is 1. The molecule has 350 valence electrons. The van der Waals surface area contributed by atoms with Crippen molar-refractivity contribution in [1.29, 1.82) is 0 Å². The van der Waals surface area contributed by atoms with Crippen LogP contribution in [0.15, 0.2) is 17.1 Å². The number of rotatable bonds is 42. The van der Waals surface area contributed by atoms with Gasteiger partial charge in [0.1, 0.15) is 12.2 Å². The Morgan fingerprint density at radius 2 is 1.12 bits per heavy atom. The molecule has 0 heterocycles. The molecule has 0 aromatic heterocycles. The van der Waals surface area contributed by atoms with Gasteiger partial charge in [0.05, 0.1) is 38.4 Å². The molecule has 0 radical (unpaired) electrons. The predicted octanol–water partition coefficient (Wildman–Crippen LogP) is 8.54. The average molecular weight is 851 g/mol. The minimum Gasteiger partial charge on any atom is -0.459 e. The number of ether oxygens (including phenoxy) is 2. The molecule has 0 aliphatic heterocycles. The smallest absolute Gasteiger partial charge is 0.320 e. The molecule has 0 saturated carbocycles. The Morgan fingerprint density at radius 3 is 1.68 bits per heavy atom. The third-order valence-corrected chi connectivity index (χ3v) is 10.9. The van der Waals surface area contributed by atoms with Gasteiger partial charge in [0.25, 0.3) is 0 Å². The van der Waals surface area contributed by atoms with Crippen molar-refractivity contribution in [2.75, 3.05) is 53.4 Å². The zero-order chi connectivity index (χ0) is 44.6. The molecule has 0 aliphatic carbocycles. The minimum absolute atomic E-state index is 0.0172. The Kier molecular flexibility index (Phi) is 38.6. The SMILES string of the molecule is CCCCCCCCCCCCCN(C)CC(=O)OC(CCCCC)C(O)CCCCC(=O)CN=CCNC(=O)CC=CCC(O)C(CCCCC)OC(=O)CN(C)CC. The highest BCUT2D eigenvalue weighted by atomic mass is 16.6. The molecule has 0 bridgehead atoms. The quantitative estimate of drug-likeness (QED) is 0.0235. The Balaban J connectivity index is 4.40. The predicted molar refractivity (Wildman–Crippen MR) is 245 cm³/mol. The summed E-state index contributed by atoms with van der Waals surface area (Å²) in [5.41, 5.74) is 0. The molecule has 4 unspecified atom stereocenters. The van der Waals surface area contributed by atoms with Gasteiger partial charge < -0.3 is 25.0 Å². The number of hydrogen-bond acceptors (Lipinski definition) is 11. The molecule has 0 aliphatic rings. The Labute approximate surface area is 366 Å². The fraction of sp³-hybridized carbons (Fsp3) is 0.854. The highest BCUT2D eigenvalue weighted by Crippen LogP contribution is 2.18. The number of nitrogens with zero attached hydrogens (tertiary/aromatic N) is 3. The minimum atomic E-state index is -0.852. The summed E-state index contributed by atoms with van der Waals surface area (Å²) in [6, 6.07) is 0. The summed E-state index contributed by atoms with van der Waals surface area (Å²) in [6.07, 6.45) is 25.8. The molecular weight excluding hydrogens is 761 g/mol. The molecule has 3 N–H and O–H groups in total. The number of unbranched alkanes of at least 4 members (excludes halogenated alkanes) is 15. The number of esters is 2. The maximum absolute atomic E-state index is 12.8. The molecule has 0 saturated heterocycles. The first-order valence-electron chi connectivity index (χ1n) is 24.0. The van der Waals surface area contributed by atoms with Gasteiger partial charge in [-0.1, -0.05) is 136 Å². The number of carbonyl (C=O) groups is 4. The van der Waals surface area contributed by atoms with Crippen molar-refractivity contribution in [3.05, 3.63) is 12.2 Å². The van der Waals surface area contributed by atoms with E-state index in [0.717, 1.165) is 58.0 Å². The summed E-state index contributed by atoms with van der Waals surface area (Å²) >= 11 is 0. The third-order valence-electron chi connectivity index (χ3n) is 10.9. The van der Waals surface area contributed by atoms with E-state index in [0.29, 0.717) is 38.5 Å². The van der Waals surface area contributed by atoms with Gasteiger partial charge in [0.2, 0.25) is 5.91 Å². The fourth-order valence-electron chi connectivity index (χ4n) is 6.92. The van der Waals surface area contributed by atoms with Gasteiger partial charge in [-0.25, -0.2) is 0 Å². The second-order valence-corrected chi connectivity index (χ2v) is 16.8. The van der Waals surface area contributed by atoms with Gasteiger partial charge >= 0.3 is 11.9 Å². The average Bonchev–Trinajstić information content (AvgIpc) is 3.22. The number of Topliss-reactive ketones (excluding diaryl/α,β-unsaturated/α-hetero) is 1. The monoisotopic (exact) mass is 851 g/mol. The van der Waals surface area contributed by atoms with Gasteiger partial charge in [0.15, 0.2) is 5.78 Å². The van der Waals surface area contributed by atoms with Crippen molar-refractivity contribution < 1.29 is 38.9 Å². The van der Waals surface area contributed by atoms with Crippen molar-refractivity contribution >= 4 is 29.8 Å². The number of carbonyl (C=O) groups excluding carboxylic acids is 4. The van der Waals surface area contributed by atoms with Crippen molar-refractivity contribution in [3.63, 3.8) is 0 Å². The number of ketones is 1. The molecule has 12 nitrogen and oxygen atoms in total. The van der Waals surface area contributed by atoms with Gasteiger partial charge in [-0.05, 0) is 78.6 Å². The summed E-state index contributed by atoms with van der Waals surface area (Å²) in [5.74, 6) is -0.879. The van der Waals surface area contributed by atoms with E-state index in [1.807, 2.05) is 30.8 Å². The van der Waals surface area contributed by atoms with Crippen LogP contribution in [0.1, 0.15) is 188 Å². The van der Waals surface area contributed by atoms with Crippen molar-refractivity contribution in [1.82, 2.24) is 15.1 Å². The van der Waals surface area contributed by atoms with Crippen LogP contribution >= 0.6 is 0 Å². The van der Waals surface area contributed by atoms with Crippen molar-refractivity contribution in [2.24, 2.45) is 4.99 Å². The first kappa shape index (κ1) is 57.3. The molecular formula is C48H90N4O8. The lowest BCUT2D eigenvalue weighted by Gasteiger charge is -2.25. The van der Waals surface area contributed by atoms with E-state index >= 15 is 0 Å². The zero-order valence-corrected chi connectivity index (χ0v) is 39.1. The lowest BCUT2D eigenvalue weighted by molar-refractivity contribution is -0.157. The maximum Gasteiger partial charge on any atom is 0.320 e. The number of likely N-dealkylation sites (N-methyl/N-ethyl adjacent to an activating group) is 2. The Morgan fingerprint density at radius 1 is 0.617 bits per heavy atom. The highest BCUT2D eigenvalue weighted by Gasteiger charge is 2.24. The van der Waals surface area contributed by atoms with E-state index in [9.17, 15) is 29.4 Å². The van der Waals surface area contributed by atoms with Gasteiger partial charge in [-0.15, -0.1) is 0 Å². The van der Waals surface area contributed by atoms with E-state index in [1.54, 1.807) is 12.2 Å². The summed E-state index contributed by atoms with van der Waals surface area (Å²) < 4.78 is 11.4. The largest absolute Gasteiger partial charge is 0.459 e. The van der Waals surface area contributed by atoms with Crippen molar-refractivity contribution in [2.45, 2.75) is 213 Å². The number of aliphatic hydroxyl groups is 2. The molecule has 0 aromatic carbocycles. The summed E-state index contributed by atoms with van der Waals surface area (Å²) in [6.45, 7) is 10.6. The van der Waals surface area contributed by atoms with Gasteiger partial charge in [-0.2, -0.15) is 0 Å². The topological polar surface area (TPSA) is 158 Å². The molecule has 60 heavy (non-hydrogen) atoms. The maximum atomic E-state index is 12.8. The molecule has 0 rings (SSSR count). The summed E-state index contributed by atoms with van der Waals surface area (Å²) in [7, 11) is 3.79. The van der Waals surface area contributed by atoms with E-state index in [2.05, 4.69) is 31.1 Å². The van der Waals surface area contributed by atoms with Crippen LogP contribution in [0.2, 0.25) is 0 Å². The second-order valence-electron chi connectivity index (χ2n) is 16.8. The number of hydrogen-bond donors (Lipinski definition) is 3. The normalized spacial score (nSPS) is 13.9. The van der Waals surface area contributed by atoms with Crippen LogP contribution in [-0.4, -0.2) is 128 Å². The van der Waals surface area contributed by atoms with Crippen LogP contribution in [-0.2, 0) is 28.7 Å². The molecule has 0 spiro atoms. The molecule has 0 aromatic rings. The zero-order valence-electron chi connectivity index (χ0n) is 39.1. The van der Waals surface area contributed by atoms with Crippen LogP contribution in [0, 0.1) is 0 Å². The van der Waals surface area contributed by atoms with Crippen LogP contribution in [0.5, 0.6) is 0 Å². The van der Waals surface area contributed by atoms with Crippen molar-refractivity contribution in [3.8, 4) is 0 Å². The third kappa shape index (κ3) is 35.0. The van der Waals surface area contributed by atoms with Gasteiger partial charge in [-0.3, -0.25) is 34.0 Å². The van der Waals surface area contributed by atoms with Gasteiger partial charge in [0, 0.05) is 19.1 Å². The summed E-state index contributed by atoms with van der Waals surface area (Å²) in [4.78, 5) is 57.8. The van der Waals surface area contributed by atoms with Crippen LogP contribution < -0.4 is 5.32 Å². The fourth-order valence-corrected chi connectivity index (χ4v) is 6.92.